The third-order valence-corrected chi connectivity index (χ3v) is 3.81. The summed E-state index contributed by atoms with van der Waals surface area (Å²) in [6, 6.07) is 0. The van der Waals surface area contributed by atoms with E-state index in [2.05, 4.69) is 34.5 Å². The van der Waals surface area contributed by atoms with Gasteiger partial charge in [-0.15, -0.1) is 24.0 Å². The highest BCUT2D eigenvalue weighted by Gasteiger charge is 2.20. The molecule has 0 heterocycles. The van der Waals surface area contributed by atoms with E-state index in [0.717, 1.165) is 45.2 Å². The largest absolute Gasteiger partial charge is 0.444 e. The maximum atomic E-state index is 12.0. The van der Waals surface area contributed by atoms with Gasteiger partial charge in [0.2, 0.25) is 0 Å². The Bertz CT molecular complexity index is 444. The standard InChI is InChI=1S/C19H41N5O3.HI/c1-16(15-24(7)18(25)27-19(2,3)4)14-22-17(20-5)21-10-12-23(6)11-9-13-26-8;/h16H,9-15H2,1-8H3,(H2,20,21,22);1H. The molecule has 0 aliphatic rings. The molecule has 0 fully saturated rings. The fraction of sp³-hybridized carbons (Fsp3) is 0.895. The average molecular weight is 515 g/mol. The zero-order valence-corrected chi connectivity index (χ0v) is 21.3. The number of likely N-dealkylation sites (N-methyl/N-ethyl adjacent to an activating group) is 1. The maximum Gasteiger partial charge on any atom is 0.410 e. The number of rotatable bonds is 11. The molecule has 0 saturated heterocycles. The molecule has 0 aromatic rings. The Balaban J connectivity index is 0. The average Bonchev–Trinajstić information content (AvgIpc) is 2.56. The van der Waals surface area contributed by atoms with Crippen LogP contribution in [0.5, 0.6) is 0 Å². The fourth-order valence-electron chi connectivity index (χ4n) is 2.39. The van der Waals surface area contributed by atoms with Crippen molar-refractivity contribution in [1.82, 2.24) is 20.4 Å². The first-order chi connectivity index (χ1) is 12.6. The molecule has 0 aromatic carbocycles. The number of halogens is 1. The van der Waals surface area contributed by atoms with E-state index in [1.807, 2.05) is 20.8 Å². The topological polar surface area (TPSA) is 78.4 Å². The van der Waals surface area contributed by atoms with Crippen LogP contribution in [-0.4, -0.2) is 95.0 Å². The van der Waals surface area contributed by atoms with Gasteiger partial charge in [-0.2, -0.15) is 0 Å². The van der Waals surface area contributed by atoms with Gasteiger partial charge in [0.15, 0.2) is 5.96 Å². The van der Waals surface area contributed by atoms with Gasteiger partial charge < -0.3 is 29.9 Å². The van der Waals surface area contributed by atoms with Crippen LogP contribution >= 0.6 is 24.0 Å². The van der Waals surface area contributed by atoms with Crippen LogP contribution in [0.1, 0.15) is 34.1 Å². The van der Waals surface area contributed by atoms with E-state index < -0.39 is 5.60 Å². The number of carbonyl (C=O) groups excluding carboxylic acids is 1. The van der Waals surface area contributed by atoms with Gasteiger partial charge in [-0.25, -0.2) is 4.79 Å². The molecule has 0 rings (SSSR count). The first-order valence-corrected chi connectivity index (χ1v) is 9.65. The number of carbonyl (C=O) groups is 1. The molecule has 0 aromatic heterocycles. The Morgan fingerprint density at radius 1 is 1.18 bits per heavy atom. The Labute approximate surface area is 188 Å². The zero-order valence-electron chi connectivity index (χ0n) is 19.0. The van der Waals surface area contributed by atoms with E-state index in [1.54, 1.807) is 26.1 Å². The highest BCUT2D eigenvalue weighted by Crippen LogP contribution is 2.10. The van der Waals surface area contributed by atoms with E-state index in [4.69, 9.17) is 9.47 Å². The number of aliphatic imine (C=N–C) groups is 1. The number of ether oxygens (including phenoxy) is 2. The molecule has 2 N–H and O–H groups in total. The van der Waals surface area contributed by atoms with Gasteiger partial charge in [-0.05, 0) is 40.2 Å². The minimum absolute atomic E-state index is 0. The monoisotopic (exact) mass is 515 g/mol. The summed E-state index contributed by atoms with van der Waals surface area (Å²) in [5.74, 6) is 1.03. The minimum atomic E-state index is -0.477. The number of guanidine groups is 1. The number of hydrogen-bond donors (Lipinski definition) is 2. The van der Waals surface area contributed by atoms with Crippen LogP contribution in [0.2, 0.25) is 0 Å². The van der Waals surface area contributed by atoms with Crippen LogP contribution in [0, 0.1) is 5.92 Å². The van der Waals surface area contributed by atoms with Crippen LogP contribution in [0.15, 0.2) is 4.99 Å². The van der Waals surface area contributed by atoms with Gasteiger partial charge in [0.05, 0.1) is 0 Å². The van der Waals surface area contributed by atoms with Crippen molar-refractivity contribution in [2.75, 3.05) is 67.6 Å². The van der Waals surface area contributed by atoms with Crippen molar-refractivity contribution < 1.29 is 14.3 Å². The predicted molar refractivity (Wildman–Crippen MR) is 127 cm³/mol. The fourth-order valence-corrected chi connectivity index (χ4v) is 2.39. The Kier molecular flexibility index (Phi) is 16.8. The first kappa shape index (κ1) is 29.4. The molecule has 0 saturated carbocycles. The molecule has 1 unspecified atom stereocenters. The van der Waals surface area contributed by atoms with Gasteiger partial charge in [0.1, 0.15) is 5.60 Å². The van der Waals surface area contributed by atoms with Crippen LogP contribution in [0.4, 0.5) is 4.79 Å². The highest BCUT2D eigenvalue weighted by molar-refractivity contribution is 14.0. The Morgan fingerprint density at radius 2 is 1.82 bits per heavy atom. The lowest BCUT2D eigenvalue weighted by Gasteiger charge is -2.26. The second-order valence-electron chi connectivity index (χ2n) is 8.00. The van der Waals surface area contributed by atoms with E-state index in [1.165, 1.54) is 0 Å². The van der Waals surface area contributed by atoms with Crippen molar-refractivity contribution in [3.8, 4) is 0 Å². The smallest absolute Gasteiger partial charge is 0.410 e. The SMILES string of the molecule is CN=C(NCCN(C)CCCOC)NCC(C)CN(C)C(=O)OC(C)(C)C.I. The lowest BCUT2D eigenvalue weighted by Crippen LogP contribution is -2.44. The van der Waals surface area contributed by atoms with Crippen molar-refractivity contribution in [2.45, 2.75) is 39.7 Å². The summed E-state index contributed by atoms with van der Waals surface area (Å²) in [4.78, 5) is 20.1. The van der Waals surface area contributed by atoms with Crippen LogP contribution in [0.3, 0.4) is 0 Å². The maximum absolute atomic E-state index is 12.0. The number of nitrogens with one attached hydrogen (secondary N) is 2. The zero-order chi connectivity index (χ0) is 20.9. The summed E-state index contributed by atoms with van der Waals surface area (Å²) in [6.45, 7) is 12.6. The molecule has 9 heteroatoms. The summed E-state index contributed by atoms with van der Waals surface area (Å²) < 4.78 is 10.4. The van der Waals surface area contributed by atoms with Gasteiger partial charge in [0.25, 0.3) is 0 Å². The molecule has 28 heavy (non-hydrogen) atoms. The molecule has 0 aliphatic heterocycles. The molecule has 1 amide bonds. The van der Waals surface area contributed by atoms with Gasteiger partial charge in [-0.3, -0.25) is 4.99 Å². The molecule has 168 valence electrons. The molecule has 0 radical (unpaired) electrons. The van der Waals surface area contributed by atoms with Crippen molar-refractivity contribution in [1.29, 1.82) is 0 Å². The minimum Gasteiger partial charge on any atom is -0.444 e. The summed E-state index contributed by atoms with van der Waals surface area (Å²) in [5, 5.41) is 6.62. The summed E-state index contributed by atoms with van der Waals surface area (Å²) in [6.07, 6.45) is 0.733. The molecule has 0 bridgehead atoms. The molecule has 8 nitrogen and oxygen atoms in total. The number of nitrogens with zero attached hydrogens (tertiary/aromatic N) is 3. The van der Waals surface area contributed by atoms with Gasteiger partial charge >= 0.3 is 6.09 Å². The van der Waals surface area contributed by atoms with Crippen molar-refractivity contribution in [3.05, 3.63) is 0 Å². The van der Waals surface area contributed by atoms with Crippen molar-refractivity contribution >= 4 is 36.0 Å². The number of methoxy groups -OCH3 is 1. The van der Waals surface area contributed by atoms with E-state index >= 15 is 0 Å². The van der Waals surface area contributed by atoms with Crippen LogP contribution in [-0.2, 0) is 9.47 Å². The van der Waals surface area contributed by atoms with Crippen molar-refractivity contribution in [3.63, 3.8) is 0 Å². The highest BCUT2D eigenvalue weighted by atomic mass is 127. The quantitative estimate of drug-likeness (QED) is 0.190. The summed E-state index contributed by atoms with van der Waals surface area (Å²) >= 11 is 0. The summed E-state index contributed by atoms with van der Waals surface area (Å²) in [5.41, 5.74) is -0.477. The van der Waals surface area contributed by atoms with Crippen molar-refractivity contribution in [2.24, 2.45) is 10.9 Å². The van der Waals surface area contributed by atoms with E-state index in [0.29, 0.717) is 6.54 Å². The second-order valence-corrected chi connectivity index (χ2v) is 8.00. The van der Waals surface area contributed by atoms with Gasteiger partial charge in [0, 0.05) is 60.5 Å². The molecular weight excluding hydrogens is 473 g/mol. The molecular formula is C19H42IN5O3. The third-order valence-electron chi connectivity index (χ3n) is 3.81. The number of hydrogen-bond acceptors (Lipinski definition) is 5. The van der Waals surface area contributed by atoms with E-state index in [9.17, 15) is 4.79 Å². The predicted octanol–water partition coefficient (Wildman–Crippen LogP) is 2.24. The Hall–Kier alpha value is -0.810. The molecule has 0 aliphatic carbocycles. The normalized spacial score (nSPS) is 13.0. The number of amides is 1. The molecule has 0 spiro atoms. The lowest BCUT2D eigenvalue weighted by molar-refractivity contribution is 0.0278. The molecule has 1 atom stereocenters. The third kappa shape index (κ3) is 16.2. The first-order valence-electron chi connectivity index (χ1n) is 9.65. The van der Waals surface area contributed by atoms with Crippen LogP contribution < -0.4 is 10.6 Å². The van der Waals surface area contributed by atoms with Crippen LogP contribution in [0.25, 0.3) is 0 Å². The second kappa shape index (κ2) is 16.0. The lowest BCUT2D eigenvalue weighted by atomic mass is 10.1. The van der Waals surface area contributed by atoms with E-state index in [-0.39, 0.29) is 36.0 Å². The summed E-state index contributed by atoms with van der Waals surface area (Å²) in [7, 11) is 7.35. The Morgan fingerprint density at radius 3 is 2.36 bits per heavy atom. The van der Waals surface area contributed by atoms with Gasteiger partial charge in [-0.1, -0.05) is 6.92 Å².